The highest BCUT2D eigenvalue weighted by Gasteiger charge is 2.16. The number of esters is 4. The fourth-order valence-electron chi connectivity index (χ4n) is 3.05. The third kappa shape index (κ3) is 11.3. The molecule has 2 rings (SSSR count). The molecule has 0 bridgehead atoms. The van der Waals surface area contributed by atoms with E-state index >= 15 is 0 Å². The minimum atomic E-state index is -1.000. The van der Waals surface area contributed by atoms with Gasteiger partial charge in [-0.05, 0) is 24.0 Å². The molecule has 2 aromatic rings. The monoisotopic (exact) mass is 470 g/mol. The Morgan fingerprint density at radius 3 is 1.24 bits per heavy atom. The maximum Gasteiger partial charge on any atom is 0.313 e. The van der Waals surface area contributed by atoms with Crippen LogP contribution in [-0.4, -0.2) is 36.5 Å². The molecule has 0 N–H and O–H groups in total. The predicted octanol–water partition coefficient (Wildman–Crippen LogP) is 3.90. The molecule has 182 valence electrons. The van der Waals surface area contributed by atoms with E-state index in [1.165, 1.54) is 13.8 Å². The average molecular weight is 471 g/mol. The zero-order chi connectivity index (χ0) is 24.8. The fraction of sp³-hybridized carbons (Fsp3) is 0.385. The van der Waals surface area contributed by atoms with Gasteiger partial charge >= 0.3 is 23.9 Å². The smallest absolute Gasteiger partial charge is 0.313 e. The second-order valence-electron chi connectivity index (χ2n) is 7.63. The summed E-state index contributed by atoms with van der Waals surface area (Å²) in [5.74, 6) is -2.05. The quantitative estimate of drug-likeness (QED) is 0.247. The van der Waals surface area contributed by atoms with Crippen molar-refractivity contribution in [3.8, 4) is 0 Å². The van der Waals surface area contributed by atoms with Gasteiger partial charge in [-0.3, -0.25) is 19.2 Å². The van der Waals surface area contributed by atoms with Crippen LogP contribution >= 0.6 is 0 Å². The minimum absolute atomic E-state index is 0.0650. The number of hydrogen-bond donors (Lipinski definition) is 0. The van der Waals surface area contributed by atoms with Gasteiger partial charge < -0.3 is 18.9 Å². The Bertz CT molecular complexity index is 849. The molecule has 0 aliphatic carbocycles. The van der Waals surface area contributed by atoms with E-state index in [2.05, 4.69) is 0 Å². The number of ether oxygens (including phenoxy) is 4. The van der Waals surface area contributed by atoms with Gasteiger partial charge in [-0.1, -0.05) is 60.7 Å². The third-order valence-corrected chi connectivity index (χ3v) is 4.58. The van der Waals surface area contributed by atoms with Gasteiger partial charge in [0, 0.05) is 26.7 Å². The van der Waals surface area contributed by atoms with E-state index in [0.29, 0.717) is 12.8 Å². The number of benzene rings is 2. The molecule has 8 nitrogen and oxygen atoms in total. The van der Waals surface area contributed by atoms with Crippen LogP contribution < -0.4 is 0 Å². The molecule has 8 heteroatoms. The molecule has 34 heavy (non-hydrogen) atoms. The highest BCUT2D eigenvalue weighted by Crippen LogP contribution is 2.09. The standard InChI is InChI=1S/C26H30O8/c1-19(33-25(29)17-21-11-5-3-6-12-21)31-23(27)15-9-10-16-24(28)32-20(2)34-26(30)18-22-13-7-4-8-14-22/h3-8,11-14,19-20H,9-10,15-18H2,1-2H3. The van der Waals surface area contributed by atoms with Crippen LogP contribution in [0.3, 0.4) is 0 Å². The second-order valence-corrected chi connectivity index (χ2v) is 7.63. The molecule has 2 unspecified atom stereocenters. The van der Waals surface area contributed by atoms with E-state index in [1.54, 1.807) is 24.3 Å². The molecule has 0 radical (unpaired) electrons. The second kappa shape index (κ2) is 14.5. The van der Waals surface area contributed by atoms with E-state index in [-0.39, 0.29) is 25.7 Å². The summed E-state index contributed by atoms with van der Waals surface area (Å²) in [6, 6.07) is 18.2. The van der Waals surface area contributed by atoms with Crippen molar-refractivity contribution in [1.29, 1.82) is 0 Å². The van der Waals surface area contributed by atoms with Crippen LogP contribution in [0.4, 0.5) is 0 Å². The lowest BCUT2D eigenvalue weighted by atomic mass is 10.2. The van der Waals surface area contributed by atoms with Crippen molar-refractivity contribution in [1.82, 2.24) is 0 Å². The van der Waals surface area contributed by atoms with E-state index < -0.39 is 36.5 Å². The summed E-state index contributed by atoms with van der Waals surface area (Å²) in [4.78, 5) is 47.6. The SMILES string of the molecule is CC(OC(=O)CCCCC(=O)OC(C)OC(=O)Cc1ccccc1)OC(=O)Cc1ccccc1. The summed E-state index contributed by atoms with van der Waals surface area (Å²) < 4.78 is 20.3. The van der Waals surface area contributed by atoms with Gasteiger partial charge in [0.15, 0.2) is 0 Å². The van der Waals surface area contributed by atoms with Crippen LogP contribution in [0.15, 0.2) is 60.7 Å². The predicted molar refractivity (Wildman–Crippen MR) is 122 cm³/mol. The van der Waals surface area contributed by atoms with Gasteiger partial charge in [0.05, 0.1) is 12.8 Å². The number of carbonyl (C=O) groups is 4. The Morgan fingerprint density at radius 2 is 0.882 bits per heavy atom. The maximum atomic E-state index is 11.9. The Hall–Kier alpha value is -3.68. The topological polar surface area (TPSA) is 105 Å². The van der Waals surface area contributed by atoms with Gasteiger partial charge in [-0.25, -0.2) is 0 Å². The molecule has 0 aliphatic rings. The Morgan fingerprint density at radius 1 is 0.559 bits per heavy atom. The molecule has 0 aromatic heterocycles. The summed E-state index contributed by atoms with van der Waals surface area (Å²) in [6.07, 6.45) is -0.914. The van der Waals surface area contributed by atoms with Gasteiger partial charge in [0.1, 0.15) is 0 Å². The van der Waals surface area contributed by atoms with E-state index in [0.717, 1.165) is 11.1 Å². The molecular formula is C26H30O8. The van der Waals surface area contributed by atoms with Crippen molar-refractivity contribution in [2.24, 2.45) is 0 Å². The minimum Gasteiger partial charge on any atom is -0.425 e. The first-order chi connectivity index (χ1) is 16.3. The van der Waals surface area contributed by atoms with Crippen LogP contribution in [0.5, 0.6) is 0 Å². The van der Waals surface area contributed by atoms with Crippen molar-refractivity contribution in [2.75, 3.05) is 0 Å². The summed E-state index contributed by atoms with van der Waals surface area (Å²) >= 11 is 0. The molecule has 0 fully saturated rings. The van der Waals surface area contributed by atoms with Crippen molar-refractivity contribution in [3.63, 3.8) is 0 Å². The molecule has 2 atom stereocenters. The highest BCUT2D eigenvalue weighted by molar-refractivity contribution is 5.74. The summed E-state index contributed by atoms with van der Waals surface area (Å²) in [6.45, 7) is 2.94. The average Bonchev–Trinajstić information content (AvgIpc) is 2.77. The maximum absolute atomic E-state index is 11.9. The zero-order valence-corrected chi connectivity index (χ0v) is 19.4. The Balaban J connectivity index is 1.55. The van der Waals surface area contributed by atoms with E-state index in [9.17, 15) is 19.2 Å². The van der Waals surface area contributed by atoms with Crippen LogP contribution in [0, 0.1) is 0 Å². The van der Waals surface area contributed by atoms with Crippen molar-refractivity contribution < 1.29 is 38.1 Å². The van der Waals surface area contributed by atoms with Gasteiger partial charge in [0.25, 0.3) is 0 Å². The van der Waals surface area contributed by atoms with E-state index in [4.69, 9.17) is 18.9 Å². The molecule has 0 spiro atoms. The molecule has 2 aromatic carbocycles. The van der Waals surface area contributed by atoms with Crippen molar-refractivity contribution in [3.05, 3.63) is 71.8 Å². The lowest BCUT2D eigenvalue weighted by molar-refractivity contribution is -0.186. The van der Waals surface area contributed by atoms with Crippen molar-refractivity contribution in [2.45, 2.75) is 65.0 Å². The normalized spacial score (nSPS) is 12.2. The van der Waals surface area contributed by atoms with Crippen LogP contribution in [0.25, 0.3) is 0 Å². The molecule has 0 saturated heterocycles. The van der Waals surface area contributed by atoms with E-state index in [1.807, 2.05) is 36.4 Å². The molecule has 0 saturated carbocycles. The first kappa shape index (κ1) is 26.6. The van der Waals surface area contributed by atoms with Gasteiger partial charge in [-0.2, -0.15) is 0 Å². The lowest BCUT2D eigenvalue weighted by Crippen LogP contribution is -2.23. The Kier molecular flexibility index (Phi) is 11.3. The molecule has 0 amide bonds. The summed E-state index contributed by atoms with van der Waals surface area (Å²) in [7, 11) is 0. The highest BCUT2D eigenvalue weighted by atomic mass is 16.7. The van der Waals surface area contributed by atoms with Crippen LogP contribution in [0.1, 0.15) is 50.7 Å². The zero-order valence-electron chi connectivity index (χ0n) is 19.4. The lowest BCUT2D eigenvalue weighted by Gasteiger charge is -2.15. The third-order valence-electron chi connectivity index (χ3n) is 4.58. The summed E-state index contributed by atoms with van der Waals surface area (Å²) in [5.41, 5.74) is 1.61. The van der Waals surface area contributed by atoms with Crippen LogP contribution in [0.2, 0.25) is 0 Å². The van der Waals surface area contributed by atoms with Crippen molar-refractivity contribution >= 4 is 23.9 Å². The molecule has 0 aliphatic heterocycles. The van der Waals surface area contributed by atoms with Gasteiger partial charge in [0.2, 0.25) is 12.6 Å². The molecular weight excluding hydrogens is 440 g/mol. The summed E-state index contributed by atoms with van der Waals surface area (Å²) in [5, 5.41) is 0. The van der Waals surface area contributed by atoms with Gasteiger partial charge in [-0.15, -0.1) is 0 Å². The number of rotatable bonds is 13. The number of hydrogen-bond acceptors (Lipinski definition) is 8. The number of unbranched alkanes of at least 4 members (excludes halogenated alkanes) is 1. The largest absolute Gasteiger partial charge is 0.425 e. The first-order valence-electron chi connectivity index (χ1n) is 11.2. The Labute approximate surface area is 199 Å². The first-order valence-corrected chi connectivity index (χ1v) is 11.2. The number of carbonyl (C=O) groups excluding carboxylic acids is 4. The van der Waals surface area contributed by atoms with Crippen LogP contribution in [-0.2, 0) is 51.0 Å². The fourth-order valence-corrected chi connectivity index (χ4v) is 3.05. The molecule has 0 heterocycles.